The van der Waals surface area contributed by atoms with Crippen molar-refractivity contribution in [3.8, 4) is 0 Å². The third-order valence-electron chi connectivity index (χ3n) is 3.14. The van der Waals surface area contributed by atoms with Gasteiger partial charge in [-0.15, -0.1) is 0 Å². The fraction of sp³-hybridized carbons (Fsp3) is 0.133. The van der Waals surface area contributed by atoms with Gasteiger partial charge in [-0.1, -0.05) is 0 Å². The van der Waals surface area contributed by atoms with Crippen molar-refractivity contribution in [3.05, 3.63) is 57.3 Å². The van der Waals surface area contributed by atoms with Gasteiger partial charge in [0.05, 0.1) is 5.56 Å². The molecule has 1 aromatic heterocycles. The molecule has 0 spiro atoms. The molecule has 0 aliphatic heterocycles. The molecule has 0 atom stereocenters. The molecular weight excluding hydrogens is 336 g/mol. The number of carbonyl (C=O) groups excluding carboxylic acids is 1. The average molecular weight is 349 g/mol. The van der Waals surface area contributed by atoms with E-state index in [1.54, 1.807) is 32.0 Å². The number of carboxylic acid groups (broad SMARTS) is 1. The molecular formula is C15H13BrN2O3. The van der Waals surface area contributed by atoms with Crippen LogP contribution >= 0.6 is 15.9 Å². The molecule has 1 heterocycles. The standard InChI is InChI=1S/C15H13BrN2O3/c1-8-5-11(7-12(9(8)2)15(20)21)18-14(19)10-3-4-17-13(16)6-10/h3-7H,1-2H3,(H,18,19)(H,20,21). The number of halogens is 1. The lowest BCUT2D eigenvalue weighted by Gasteiger charge is -2.10. The highest BCUT2D eigenvalue weighted by molar-refractivity contribution is 9.10. The number of anilines is 1. The molecule has 0 aliphatic rings. The van der Waals surface area contributed by atoms with Gasteiger partial charge in [-0.2, -0.15) is 0 Å². The SMILES string of the molecule is Cc1cc(NC(=O)c2ccnc(Br)c2)cc(C(=O)O)c1C. The van der Waals surface area contributed by atoms with Crippen LogP contribution in [0.5, 0.6) is 0 Å². The molecule has 2 aromatic rings. The summed E-state index contributed by atoms with van der Waals surface area (Å²) in [5, 5.41) is 11.9. The summed E-state index contributed by atoms with van der Waals surface area (Å²) in [5.41, 5.74) is 2.56. The monoisotopic (exact) mass is 348 g/mol. The highest BCUT2D eigenvalue weighted by Crippen LogP contribution is 2.21. The number of hydrogen-bond acceptors (Lipinski definition) is 3. The Morgan fingerprint density at radius 2 is 1.95 bits per heavy atom. The normalized spacial score (nSPS) is 10.2. The summed E-state index contributed by atoms with van der Waals surface area (Å²) in [5.74, 6) is -1.34. The zero-order valence-electron chi connectivity index (χ0n) is 11.5. The third-order valence-corrected chi connectivity index (χ3v) is 3.58. The Labute approximate surface area is 130 Å². The Bertz CT molecular complexity index is 729. The molecule has 1 aromatic carbocycles. The van der Waals surface area contributed by atoms with Gasteiger partial charge in [0.2, 0.25) is 0 Å². The molecule has 0 unspecified atom stereocenters. The molecule has 5 nitrogen and oxygen atoms in total. The van der Waals surface area contributed by atoms with Crippen LogP contribution in [0, 0.1) is 13.8 Å². The lowest BCUT2D eigenvalue weighted by molar-refractivity contribution is 0.0695. The zero-order valence-corrected chi connectivity index (χ0v) is 13.1. The fourth-order valence-electron chi connectivity index (χ4n) is 1.90. The minimum absolute atomic E-state index is 0.182. The molecule has 1 amide bonds. The number of aromatic carboxylic acids is 1. The van der Waals surface area contributed by atoms with Gasteiger partial charge in [-0.25, -0.2) is 9.78 Å². The van der Waals surface area contributed by atoms with Crippen molar-refractivity contribution in [2.45, 2.75) is 13.8 Å². The second kappa shape index (κ2) is 6.05. The Kier molecular flexibility index (Phi) is 4.37. The summed E-state index contributed by atoms with van der Waals surface area (Å²) in [7, 11) is 0. The average Bonchev–Trinajstić information content (AvgIpc) is 2.42. The Hall–Kier alpha value is -2.21. The van der Waals surface area contributed by atoms with Crippen molar-refractivity contribution in [2.24, 2.45) is 0 Å². The molecule has 21 heavy (non-hydrogen) atoms. The van der Waals surface area contributed by atoms with Crippen molar-refractivity contribution in [1.82, 2.24) is 4.98 Å². The lowest BCUT2D eigenvalue weighted by atomic mass is 10.0. The molecule has 0 aliphatic carbocycles. The van der Waals surface area contributed by atoms with Crippen molar-refractivity contribution >= 4 is 33.5 Å². The highest BCUT2D eigenvalue weighted by Gasteiger charge is 2.13. The van der Waals surface area contributed by atoms with E-state index in [9.17, 15) is 14.7 Å². The van der Waals surface area contributed by atoms with E-state index in [0.717, 1.165) is 5.56 Å². The van der Waals surface area contributed by atoms with Crippen LogP contribution in [0.2, 0.25) is 0 Å². The molecule has 0 bridgehead atoms. The van der Waals surface area contributed by atoms with Gasteiger partial charge >= 0.3 is 5.97 Å². The van der Waals surface area contributed by atoms with Gasteiger partial charge in [0.1, 0.15) is 4.60 Å². The summed E-state index contributed by atoms with van der Waals surface area (Å²) in [6.45, 7) is 3.55. The van der Waals surface area contributed by atoms with E-state index in [4.69, 9.17) is 0 Å². The number of hydrogen-bond donors (Lipinski definition) is 2. The smallest absolute Gasteiger partial charge is 0.336 e. The Morgan fingerprint density at radius 3 is 2.57 bits per heavy atom. The number of nitrogens with zero attached hydrogens (tertiary/aromatic N) is 1. The van der Waals surface area contributed by atoms with Crippen LogP contribution in [0.1, 0.15) is 31.8 Å². The van der Waals surface area contributed by atoms with Crippen LogP contribution in [0.4, 0.5) is 5.69 Å². The number of aryl methyl sites for hydroxylation is 1. The maximum Gasteiger partial charge on any atom is 0.336 e. The first-order valence-electron chi connectivity index (χ1n) is 6.16. The van der Waals surface area contributed by atoms with Crippen LogP contribution in [0.3, 0.4) is 0 Å². The summed E-state index contributed by atoms with van der Waals surface area (Å²) >= 11 is 3.20. The van der Waals surface area contributed by atoms with Gasteiger partial charge in [-0.3, -0.25) is 4.79 Å². The molecule has 0 saturated carbocycles. The summed E-state index contributed by atoms with van der Waals surface area (Å²) < 4.78 is 0.557. The maximum atomic E-state index is 12.1. The van der Waals surface area contributed by atoms with Gasteiger partial charge < -0.3 is 10.4 Å². The minimum Gasteiger partial charge on any atom is -0.478 e. The van der Waals surface area contributed by atoms with Crippen LogP contribution in [-0.2, 0) is 0 Å². The Morgan fingerprint density at radius 1 is 1.24 bits per heavy atom. The molecule has 0 fully saturated rings. The molecule has 108 valence electrons. The number of pyridine rings is 1. The number of carbonyl (C=O) groups is 2. The largest absolute Gasteiger partial charge is 0.478 e. The number of aromatic nitrogens is 1. The summed E-state index contributed by atoms with van der Waals surface area (Å²) in [6, 6.07) is 6.38. The van der Waals surface area contributed by atoms with Crippen molar-refractivity contribution in [2.75, 3.05) is 5.32 Å². The summed E-state index contributed by atoms with van der Waals surface area (Å²) in [6.07, 6.45) is 1.52. The summed E-state index contributed by atoms with van der Waals surface area (Å²) in [4.78, 5) is 27.3. The number of nitrogens with one attached hydrogen (secondary N) is 1. The van der Waals surface area contributed by atoms with Gasteiger partial charge in [0.15, 0.2) is 0 Å². The number of benzene rings is 1. The minimum atomic E-state index is -1.02. The third kappa shape index (κ3) is 3.46. The van der Waals surface area contributed by atoms with Crippen molar-refractivity contribution in [3.63, 3.8) is 0 Å². The first-order chi connectivity index (χ1) is 9.88. The predicted molar refractivity (Wildman–Crippen MR) is 82.8 cm³/mol. The van der Waals surface area contributed by atoms with E-state index >= 15 is 0 Å². The van der Waals surface area contributed by atoms with Gasteiger partial charge in [-0.05, 0) is 65.2 Å². The van der Waals surface area contributed by atoms with E-state index in [-0.39, 0.29) is 11.5 Å². The molecule has 0 saturated heterocycles. The quantitative estimate of drug-likeness (QED) is 0.833. The number of amides is 1. The Balaban J connectivity index is 2.32. The fourth-order valence-corrected chi connectivity index (χ4v) is 2.27. The topological polar surface area (TPSA) is 79.3 Å². The van der Waals surface area contributed by atoms with E-state index < -0.39 is 5.97 Å². The second-order valence-electron chi connectivity index (χ2n) is 4.59. The highest BCUT2D eigenvalue weighted by atomic mass is 79.9. The van der Waals surface area contributed by atoms with Crippen LogP contribution in [0.25, 0.3) is 0 Å². The van der Waals surface area contributed by atoms with Gasteiger partial charge in [0, 0.05) is 17.4 Å². The van der Waals surface area contributed by atoms with Crippen LogP contribution in [-0.4, -0.2) is 22.0 Å². The molecule has 2 N–H and O–H groups in total. The van der Waals surface area contributed by atoms with Crippen LogP contribution in [0.15, 0.2) is 35.1 Å². The van der Waals surface area contributed by atoms with E-state index in [1.165, 1.54) is 12.3 Å². The molecule has 0 radical (unpaired) electrons. The predicted octanol–water partition coefficient (Wildman–Crippen LogP) is 3.41. The lowest BCUT2D eigenvalue weighted by Crippen LogP contribution is -2.13. The first-order valence-corrected chi connectivity index (χ1v) is 6.95. The van der Waals surface area contributed by atoms with E-state index in [2.05, 4.69) is 26.2 Å². The van der Waals surface area contributed by atoms with E-state index in [0.29, 0.717) is 21.4 Å². The maximum absolute atomic E-state index is 12.1. The second-order valence-corrected chi connectivity index (χ2v) is 5.40. The van der Waals surface area contributed by atoms with Gasteiger partial charge in [0.25, 0.3) is 5.91 Å². The zero-order chi connectivity index (χ0) is 15.6. The van der Waals surface area contributed by atoms with E-state index in [1.807, 2.05) is 0 Å². The number of rotatable bonds is 3. The van der Waals surface area contributed by atoms with Crippen LogP contribution < -0.4 is 5.32 Å². The molecule has 6 heteroatoms. The van der Waals surface area contributed by atoms with Crippen molar-refractivity contribution in [1.29, 1.82) is 0 Å². The number of carboxylic acids is 1. The van der Waals surface area contributed by atoms with Crippen molar-refractivity contribution < 1.29 is 14.7 Å². The first kappa shape index (κ1) is 15.2. The molecule has 2 rings (SSSR count).